The molecule has 2 heterocycles. The van der Waals surface area contributed by atoms with E-state index < -0.39 is 0 Å². The molecule has 2 aromatic carbocycles. The van der Waals surface area contributed by atoms with Gasteiger partial charge < -0.3 is 19.4 Å². The average molecular weight is 390 g/mol. The highest BCUT2D eigenvalue weighted by Crippen LogP contribution is 2.37. The first-order valence-corrected chi connectivity index (χ1v) is 10.0. The number of nitrogens with one attached hydrogen (secondary N) is 1. The molecule has 0 aliphatic carbocycles. The van der Waals surface area contributed by atoms with Crippen molar-refractivity contribution in [3.8, 4) is 5.75 Å². The number of hydrogen-bond donors (Lipinski definition) is 1. The number of rotatable bonds is 7. The predicted molar refractivity (Wildman–Crippen MR) is 113 cm³/mol. The van der Waals surface area contributed by atoms with E-state index in [0.717, 1.165) is 29.2 Å². The van der Waals surface area contributed by atoms with Gasteiger partial charge in [-0.05, 0) is 42.7 Å². The van der Waals surface area contributed by atoms with Crippen molar-refractivity contribution in [2.45, 2.75) is 33.0 Å². The lowest BCUT2D eigenvalue weighted by Gasteiger charge is -2.38. The predicted octanol–water partition coefficient (Wildman–Crippen LogP) is 5.47. The monoisotopic (exact) mass is 390 g/mol. The van der Waals surface area contributed by atoms with E-state index in [0.29, 0.717) is 24.6 Å². The minimum Gasteiger partial charge on any atom is -0.493 e. The third-order valence-electron chi connectivity index (χ3n) is 5.09. The third-order valence-corrected chi connectivity index (χ3v) is 5.09. The highest BCUT2D eigenvalue weighted by atomic mass is 16.5. The molecule has 29 heavy (non-hydrogen) atoms. The van der Waals surface area contributed by atoms with Crippen LogP contribution in [0.4, 0.5) is 5.69 Å². The molecule has 0 saturated carbocycles. The lowest BCUT2D eigenvalue weighted by Crippen LogP contribution is -2.42. The van der Waals surface area contributed by atoms with Gasteiger partial charge in [0.1, 0.15) is 17.7 Å². The maximum Gasteiger partial charge on any atom is 0.258 e. The average Bonchev–Trinajstić information content (AvgIpc) is 3.23. The molecule has 1 atom stereocenters. The van der Waals surface area contributed by atoms with Gasteiger partial charge >= 0.3 is 0 Å². The second-order valence-electron chi connectivity index (χ2n) is 7.67. The van der Waals surface area contributed by atoms with E-state index in [1.165, 1.54) is 0 Å². The summed E-state index contributed by atoms with van der Waals surface area (Å²) in [4.78, 5) is 15.1. The molecule has 4 rings (SSSR count). The van der Waals surface area contributed by atoms with E-state index in [1.54, 1.807) is 11.2 Å². The molecule has 1 aliphatic heterocycles. The Bertz CT molecular complexity index is 966. The Morgan fingerprint density at radius 3 is 2.66 bits per heavy atom. The Hall–Kier alpha value is -3.21. The van der Waals surface area contributed by atoms with Gasteiger partial charge in [-0.15, -0.1) is 0 Å². The molecule has 1 unspecified atom stereocenters. The molecule has 0 spiro atoms. The van der Waals surface area contributed by atoms with Crippen molar-refractivity contribution in [1.29, 1.82) is 0 Å². The molecule has 0 fully saturated rings. The van der Waals surface area contributed by atoms with Crippen LogP contribution >= 0.6 is 0 Å². The quantitative estimate of drug-likeness (QED) is 0.581. The number of carbonyl (C=O) groups excluding carboxylic acids is 1. The van der Waals surface area contributed by atoms with E-state index in [-0.39, 0.29) is 12.1 Å². The Morgan fingerprint density at radius 2 is 1.86 bits per heavy atom. The number of ether oxygens (including phenoxy) is 1. The first kappa shape index (κ1) is 19.1. The number of amides is 1. The van der Waals surface area contributed by atoms with Crippen LogP contribution in [-0.4, -0.2) is 17.4 Å². The molecule has 0 radical (unpaired) electrons. The summed E-state index contributed by atoms with van der Waals surface area (Å²) in [6.07, 6.45) is 2.26. The van der Waals surface area contributed by atoms with Crippen LogP contribution in [0.2, 0.25) is 0 Å². The first-order valence-electron chi connectivity index (χ1n) is 10.0. The number of hydrogen-bond acceptors (Lipinski definition) is 4. The number of benzene rings is 2. The Morgan fingerprint density at radius 1 is 1.07 bits per heavy atom. The largest absolute Gasteiger partial charge is 0.493 e. The lowest BCUT2D eigenvalue weighted by molar-refractivity contribution is 0.0648. The zero-order valence-corrected chi connectivity index (χ0v) is 16.8. The van der Waals surface area contributed by atoms with Gasteiger partial charge in [-0.1, -0.05) is 44.2 Å². The summed E-state index contributed by atoms with van der Waals surface area (Å²) < 4.78 is 11.6. The van der Waals surface area contributed by atoms with Crippen LogP contribution in [0.1, 0.15) is 48.1 Å². The minimum atomic E-state index is -0.349. The molecule has 1 aliphatic rings. The van der Waals surface area contributed by atoms with Crippen LogP contribution in [0, 0.1) is 5.92 Å². The molecule has 3 aromatic rings. The molecule has 5 nitrogen and oxygen atoms in total. The molecule has 0 saturated heterocycles. The number of nitrogens with zero attached hydrogens (tertiary/aromatic N) is 1. The fourth-order valence-corrected chi connectivity index (χ4v) is 3.51. The minimum absolute atomic E-state index is 0.0299. The molecule has 150 valence electrons. The maximum atomic E-state index is 13.3. The lowest BCUT2D eigenvalue weighted by atomic mass is 10.0. The molecule has 1 N–H and O–H groups in total. The van der Waals surface area contributed by atoms with E-state index in [2.05, 4.69) is 19.2 Å². The van der Waals surface area contributed by atoms with Crippen molar-refractivity contribution in [2.24, 2.45) is 5.92 Å². The van der Waals surface area contributed by atoms with Crippen molar-refractivity contribution in [3.05, 3.63) is 83.8 Å². The summed E-state index contributed by atoms with van der Waals surface area (Å²) in [6, 6.07) is 19.2. The number of fused-ring (bicyclic) bond motifs is 1. The van der Waals surface area contributed by atoms with Crippen molar-refractivity contribution in [1.82, 2.24) is 4.90 Å². The van der Waals surface area contributed by atoms with Gasteiger partial charge in [-0.2, -0.15) is 0 Å². The normalized spacial score (nSPS) is 15.9. The first-order chi connectivity index (χ1) is 14.1. The topological polar surface area (TPSA) is 54.7 Å². The van der Waals surface area contributed by atoms with Crippen LogP contribution in [0.15, 0.2) is 71.3 Å². The van der Waals surface area contributed by atoms with Crippen LogP contribution < -0.4 is 10.1 Å². The molecular formula is C24H26N2O3. The van der Waals surface area contributed by atoms with E-state index in [4.69, 9.17) is 9.15 Å². The van der Waals surface area contributed by atoms with E-state index in [1.807, 2.05) is 60.7 Å². The summed E-state index contributed by atoms with van der Waals surface area (Å²) >= 11 is 0. The Kier molecular flexibility index (Phi) is 5.56. The van der Waals surface area contributed by atoms with Crippen molar-refractivity contribution in [2.75, 3.05) is 11.9 Å². The molecule has 1 amide bonds. The number of para-hydroxylation sites is 2. The highest BCUT2D eigenvalue weighted by Gasteiger charge is 2.34. The van der Waals surface area contributed by atoms with Crippen molar-refractivity contribution < 1.29 is 13.9 Å². The number of furan rings is 1. The standard InChI is InChI=1S/C24H26N2O3/c1-17(2)13-15-29-22-12-6-4-10-20(22)23-25-21-11-5-3-9-19(21)24(27)26(23)16-18-8-7-14-28-18/h3-12,14,17,23,25H,13,15-16H2,1-2H3. The van der Waals surface area contributed by atoms with Gasteiger partial charge in [0.15, 0.2) is 0 Å². The van der Waals surface area contributed by atoms with Gasteiger partial charge in [0, 0.05) is 11.3 Å². The molecule has 5 heteroatoms. The molecular weight excluding hydrogens is 364 g/mol. The van der Waals surface area contributed by atoms with Crippen LogP contribution in [0.3, 0.4) is 0 Å². The van der Waals surface area contributed by atoms with Crippen molar-refractivity contribution >= 4 is 11.6 Å². The fraction of sp³-hybridized carbons (Fsp3) is 0.292. The van der Waals surface area contributed by atoms with E-state index >= 15 is 0 Å². The van der Waals surface area contributed by atoms with Crippen LogP contribution in [-0.2, 0) is 6.54 Å². The smallest absolute Gasteiger partial charge is 0.258 e. The second kappa shape index (κ2) is 8.43. The summed E-state index contributed by atoms with van der Waals surface area (Å²) in [5.41, 5.74) is 2.43. The van der Waals surface area contributed by atoms with Gasteiger partial charge in [-0.3, -0.25) is 4.79 Å². The number of carbonyl (C=O) groups is 1. The molecule has 0 bridgehead atoms. The Labute approximate surface area is 171 Å². The molecule has 1 aromatic heterocycles. The van der Waals surface area contributed by atoms with Gasteiger partial charge in [0.25, 0.3) is 5.91 Å². The SMILES string of the molecule is CC(C)CCOc1ccccc1C1Nc2ccccc2C(=O)N1Cc1ccco1. The maximum absolute atomic E-state index is 13.3. The summed E-state index contributed by atoms with van der Waals surface area (Å²) in [6.45, 7) is 5.37. The van der Waals surface area contributed by atoms with Crippen LogP contribution in [0.5, 0.6) is 5.75 Å². The zero-order valence-electron chi connectivity index (χ0n) is 16.8. The van der Waals surface area contributed by atoms with Gasteiger partial charge in [0.05, 0.1) is 25.0 Å². The van der Waals surface area contributed by atoms with Crippen molar-refractivity contribution in [3.63, 3.8) is 0 Å². The summed E-state index contributed by atoms with van der Waals surface area (Å²) in [5.74, 6) is 2.07. The van der Waals surface area contributed by atoms with Crippen LogP contribution in [0.25, 0.3) is 0 Å². The summed E-state index contributed by atoms with van der Waals surface area (Å²) in [5, 5.41) is 3.53. The fourth-order valence-electron chi connectivity index (χ4n) is 3.51. The third kappa shape index (κ3) is 4.14. The van der Waals surface area contributed by atoms with Gasteiger partial charge in [0.2, 0.25) is 0 Å². The number of anilines is 1. The van der Waals surface area contributed by atoms with E-state index in [9.17, 15) is 4.79 Å². The Balaban J connectivity index is 1.69. The summed E-state index contributed by atoms with van der Waals surface area (Å²) in [7, 11) is 0. The van der Waals surface area contributed by atoms with Gasteiger partial charge in [-0.25, -0.2) is 0 Å². The highest BCUT2D eigenvalue weighted by molar-refractivity contribution is 6.01. The zero-order chi connectivity index (χ0) is 20.2. The second-order valence-corrected chi connectivity index (χ2v) is 7.67.